The van der Waals surface area contributed by atoms with Gasteiger partial charge in [-0.05, 0) is 6.92 Å². The van der Waals surface area contributed by atoms with E-state index in [-0.39, 0.29) is 12.3 Å². The summed E-state index contributed by atoms with van der Waals surface area (Å²) in [5.41, 5.74) is -3.57. The van der Waals surface area contributed by atoms with Gasteiger partial charge in [0.2, 0.25) is 0 Å². The van der Waals surface area contributed by atoms with E-state index < -0.39 is 40.0 Å². The van der Waals surface area contributed by atoms with Crippen molar-refractivity contribution in [3.63, 3.8) is 0 Å². The van der Waals surface area contributed by atoms with Gasteiger partial charge in [0.25, 0.3) is 5.56 Å². The standard InChI is InChI=1S/C14H16F3N3O3/c1-5-23-12(22)9-10(14(15,16)17)19-20-8(21)6-7(13(2,3)4)18-11(9)20/h6,19H,5H2,1-4H3. The van der Waals surface area contributed by atoms with Crippen molar-refractivity contribution >= 4 is 11.6 Å². The average molecular weight is 331 g/mol. The fourth-order valence-corrected chi connectivity index (χ4v) is 2.02. The van der Waals surface area contributed by atoms with Crippen molar-refractivity contribution < 1.29 is 22.7 Å². The second-order valence-electron chi connectivity index (χ2n) is 5.97. The summed E-state index contributed by atoms with van der Waals surface area (Å²) < 4.78 is 44.8. The van der Waals surface area contributed by atoms with Gasteiger partial charge in [-0.1, -0.05) is 20.8 Å². The van der Waals surface area contributed by atoms with Gasteiger partial charge in [-0.3, -0.25) is 9.89 Å². The third-order valence-electron chi connectivity index (χ3n) is 3.15. The summed E-state index contributed by atoms with van der Waals surface area (Å²) in [5.74, 6) is -1.18. The van der Waals surface area contributed by atoms with Crippen LogP contribution < -0.4 is 5.56 Å². The van der Waals surface area contributed by atoms with Crippen molar-refractivity contribution in [3.8, 4) is 0 Å². The maximum Gasteiger partial charge on any atom is 0.433 e. The first-order valence-electron chi connectivity index (χ1n) is 6.87. The Labute approximate surface area is 129 Å². The van der Waals surface area contributed by atoms with Crippen LogP contribution in [0.4, 0.5) is 13.2 Å². The molecule has 0 unspecified atom stereocenters. The third kappa shape index (κ3) is 3.08. The number of hydrogen-bond donors (Lipinski definition) is 1. The lowest BCUT2D eigenvalue weighted by molar-refractivity contribution is -0.141. The monoisotopic (exact) mass is 331 g/mol. The smallest absolute Gasteiger partial charge is 0.433 e. The first-order valence-corrected chi connectivity index (χ1v) is 6.87. The van der Waals surface area contributed by atoms with Crippen LogP contribution in [0.1, 0.15) is 49.4 Å². The van der Waals surface area contributed by atoms with Gasteiger partial charge in [-0.15, -0.1) is 0 Å². The molecule has 0 amide bonds. The Morgan fingerprint density at radius 1 is 1.35 bits per heavy atom. The Bertz CT molecular complexity index is 813. The third-order valence-corrected chi connectivity index (χ3v) is 3.15. The molecule has 0 saturated heterocycles. The molecule has 0 aliphatic rings. The Kier molecular flexibility index (Phi) is 4.00. The van der Waals surface area contributed by atoms with Crippen LogP contribution in [-0.4, -0.2) is 27.2 Å². The first-order chi connectivity index (χ1) is 10.5. The highest BCUT2D eigenvalue weighted by Gasteiger charge is 2.40. The van der Waals surface area contributed by atoms with Gasteiger partial charge >= 0.3 is 12.1 Å². The zero-order valence-corrected chi connectivity index (χ0v) is 13.0. The molecule has 2 aromatic heterocycles. The molecule has 0 aliphatic carbocycles. The number of nitrogens with zero attached hydrogens (tertiary/aromatic N) is 2. The molecule has 2 heterocycles. The fourth-order valence-electron chi connectivity index (χ4n) is 2.02. The zero-order chi connectivity index (χ0) is 17.6. The number of H-pyrrole nitrogens is 1. The highest BCUT2D eigenvalue weighted by atomic mass is 19.4. The highest BCUT2D eigenvalue weighted by molar-refractivity contribution is 5.97. The van der Waals surface area contributed by atoms with Crippen molar-refractivity contribution in [1.82, 2.24) is 14.6 Å². The number of carbonyl (C=O) groups excluding carboxylic acids is 1. The highest BCUT2D eigenvalue weighted by Crippen LogP contribution is 2.33. The van der Waals surface area contributed by atoms with Crippen LogP contribution in [0.25, 0.3) is 5.65 Å². The minimum absolute atomic E-state index is 0.101. The summed E-state index contributed by atoms with van der Waals surface area (Å²) in [5, 5.41) is 1.91. The Morgan fingerprint density at radius 2 is 1.96 bits per heavy atom. The predicted molar refractivity (Wildman–Crippen MR) is 75.5 cm³/mol. The van der Waals surface area contributed by atoms with E-state index in [2.05, 4.69) is 9.72 Å². The van der Waals surface area contributed by atoms with E-state index in [1.807, 2.05) is 5.10 Å². The number of hydrogen-bond acceptors (Lipinski definition) is 4. The lowest BCUT2D eigenvalue weighted by Gasteiger charge is -2.17. The molecule has 0 saturated carbocycles. The zero-order valence-electron chi connectivity index (χ0n) is 13.0. The Hall–Kier alpha value is -2.32. The van der Waals surface area contributed by atoms with Gasteiger partial charge in [0, 0.05) is 11.5 Å². The molecule has 0 aliphatic heterocycles. The second kappa shape index (κ2) is 5.39. The molecule has 126 valence electrons. The van der Waals surface area contributed by atoms with Crippen LogP contribution in [0.15, 0.2) is 10.9 Å². The number of ether oxygens (including phenoxy) is 1. The number of fused-ring (bicyclic) bond motifs is 1. The maximum atomic E-state index is 13.2. The maximum absolute atomic E-state index is 13.2. The van der Waals surface area contributed by atoms with Crippen molar-refractivity contribution in [3.05, 3.63) is 33.4 Å². The fraction of sp³-hybridized carbons (Fsp3) is 0.500. The first kappa shape index (κ1) is 17.0. The number of rotatable bonds is 2. The van der Waals surface area contributed by atoms with E-state index in [1.54, 1.807) is 20.8 Å². The molecule has 0 fully saturated rings. The van der Waals surface area contributed by atoms with Crippen molar-refractivity contribution in [2.75, 3.05) is 6.61 Å². The average Bonchev–Trinajstić information content (AvgIpc) is 2.77. The molecule has 0 bridgehead atoms. The normalized spacial score (nSPS) is 12.7. The lowest BCUT2D eigenvalue weighted by Crippen LogP contribution is -2.22. The quantitative estimate of drug-likeness (QED) is 0.858. The number of nitrogens with one attached hydrogen (secondary N) is 1. The minimum Gasteiger partial charge on any atom is -0.462 e. The second-order valence-corrected chi connectivity index (χ2v) is 5.97. The SMILES string of the molecule is CCOC(=O)c1c(C(F)(F)F)[nH]n2c(=O)cc(C(C)(C)C)nc12. The van der Waals surface area contributed by atoms with Crippen LogP contribution in [0.5, 0.6) is 0 Å². The number of aromatic amines is 1. The molecular weight excluding hydrogens is 315 g/mol. The molecule has 2 aromatic rings. The number of halogens is 3. The van der Waals surface area contributed by atoms with Crippen LogP contribution in [-0.2, 0) is 16.3 Å². The van der Waals surface area contributed by atoms with Crippen LogP contribution >= 0.6 is 0 Å². The van der Waals surface area contributed by atoms with Gasteiger partial charge in [-0.2, -0.15) is 13.2 Å². The molecule has 0 aromatic carbocycles. The van der Waals surface area contributed by atoms with Crippen molar-refractivity contribution in [2.24, 2.45) is 0 Å². The number of alkyl halides is 3. The molecule has 2 rings (SSSR count). The van der Waals surface area contributed by atoms with Gasteiger partial charge in [-0.25, -0.2) is 14.3 Å². The van der Waals surface area contributed by atoms with E-state index in [9.17, 15) is 22.8 Å². The summed E-state index contributed by atoms with van der Waals surface area (Å²) in [4.78, 5) is 28.1. The van der Waals surface area contributed by atoms with Gasteiger partial charge in [0.15, 0.2) is 11.3 Å². The molecule has 0 spiro atoms. The van der Waals surface area contributed by atoms with Gasteiger partial charge in [0.05, 0.1) is 12.3 Å². The van der Waals surface area contributed by atoms with Crippen molar-refractivity contribution in [1.29, 1.82) is 0 Å². The van der Waals surface area contributed by atoms with Crippen molar-refractivity contribution in [2.45, 2.75) is 39.3 Å². The van der Waals surface area contributed by atoms with E-state index in [1.165, 1.54) is 6.92 Å². The largest absolute Gasteiger partial charge is 0.462 e. The van der Waals surface area contributed by atoms with Crippen LogP contribution in [0.3, 0.4) is 0 Å². The molecule has 9 heteroatoms. The minimum atomic E-state index is -4.86. The Balaban J connectivity index is 2.89. The van der Waals surface area contributed by atoms with E-state index in [0.717, 1.165) is 6.07 Å². The van der Waals surface area contributed by atoms with Crippen LogP contribution in [0, 0.1) is 0 Å². The molecule has 23 heavy (non-hydrogen) atoms. The topological polar surface area (TPSA) is 76.5 Å². The number of carbonyl (C=O) groups is 1. The van der Waals surface area contributed by atoms with E-state index >= 15 is 0 Å². The van der Waals surface area contributed by atoms with Gasteiger partial charge in [0.1, 0.15) is 5.56 Å². The van der Waals surface area contributed by atoms with E-state index in [4.69, 9.17) is 0 Å². The molecule has 1 N–H and O–H groups in total. The molecule has 0 atom stereocenters. The summed E-state index contributed by atoms with van der Waals surface area (Å²) in [7, 11) is 0. The molecule has 6 nitrogen and oxygen atoms in total. The summed E-state index contributed by atoms with van der Waals surface area (Å²) in [6, 6.07) is 1.14. The Morgan fingerprint density at radius 3 is 2.43 bits per heavy atom. The molecule has 0 radical (unpaired) electrons. The molecular formula is C14H16F3N3O3. The predicted octanol–water partition coefficient (Wildman–Crippen LogP) is 2.52. The van der Waals surface area contributed by atoms with E-state index in [0.29, 0.717) is 4.52 Å². The summed E-state index contributed by atoms with van der Waals surface area (Å²) in [6.45, 7) is 6.64. The number of esters is 1. The van der Waals surface area contributed by atoms with Gasteiger partial charge < -0.3 is 4.74 Å². The number of aromatic nitrogens is 3. The van der Waals surface area contributed by atoms with Crippen LogP contribution in [0.2, 0.25) is 0 Å². The summed E-state index contributed by atoms with van der Waals surface area (Å²) in [6.07, 6.45) is -4.86. The lowest BCUT2D eigenvalue weighted by atomic mass is 9.92. The summed E-state index contributed by atoms with van der Waals surface area (Å²) >= 11 is 0.